The summed E-state index contributed by atoms with van der Waals surface area (Å²) in [7, 11) is 1.30. The molecule has 1 heterocycles. The fourth-order valence-electron chi connectivity index (χ4n) is 1.74. The highest BCUT2D eigenvalue weighted by molar-refractivity contribution is 6.04. The number of fused-ring (bicyclic) bond motifs is 1. The van der Waals surface area contributed by atoms with Gasteiger partial charge < -0.3 is 9.47 Å². The number of aromatic nitrogens is 2. The van der Waals surface area contributed by atoms with Crippen LogP contribution in [0.4, 0.5) is 0 Å². The van der Waals surface area contributed by atoms with E-state index in [1.165, 1.54) is 7.11 Å². The lowest BCUT2D eigenvalue weighted by molar-refractivity contribution is 0.00648. The summed E-state index contributed by atoms with van der Waals surface area (Å²) in [6.45, 7) is 5.33. The summed E-state index contributed by atoms with van der Waals surface area (Å²) in [6, 6.07) is 4.83. The molecule has 0 aliphatic rings. The molecule has 1 N–H and O–H groups in total. The molecule has 0 unspecified atom stereocenters. The molecule has 6 heteroatoms. The third kappa shape index (κ3) is 2.79. The van der Waals surface area contributed by atoms with Crippen molar-refractivity contribution in [1.82, 2.24) is 10.2 Å². The van der Waals surface area contributed by atoms with Crippen molar-refractivity contribution in [1.29, 1.82) is 0 Å². The number of hydrogen-bond donors (Lipinski definition) is 1. The Morgan fingerprint density at radius 3 is 2.50 bits per heavy atom. The molecular formula is C14H16N2O4. The van der Waals surface area contributed by atoms with Gasteiger partial charge in [-0.25, -0.2) is 9.59 Å². The van der Waals surface area contributed by atoms with E-state index in [4.69, 9.17) is 4.74 Å². The fourth-order valence-corrected chi connectivity index (χ4v) is 1.74. The summed E-state index contributed by atoms with van der Waals surface area (Å²) >= 11 is 0. The number of nitrogens with zero attached hydrogens (tertiary/aromatic N) is 1. The molecule has 6 nitrogen and oxygen atoms in total. The van der Waals surface area contributed by atoms with Crippen LogP contribution in [0.25, 0.3) is 10.9 Å². The van der Waals surface area contributed by atoms with E-state index in [0.29, 0.717) is 16.5 Å². The SMILES string of the molecule is COC(=O)c1ccc2[nH]nc(C(=O)OC(C)(C)C)c2c1. The van der Waals surface area contributed by atoms with Crippen LogP contribution in [-0.4, -0.2) is 34.8 Å². The van der Waals surface area contributed by atoms with Crippen LogP contribution in [0, 0.1) is 0 Å². The molecule has 0 aliphatic carbocycles. The zero-order chi connectivity index (χ0) is 14.9. The van der Waals surface area contributed by atoms with E-state index < -0.39 is 17.5 Å². The highest BCUT2D eigenvalue weighted by atomic mass is 16.6. The Kier molecular flexibility index (Phi) is 3.48. The molecule has 0 spiro atoms. The van der Waals surface area contributed by atoms with Crippen molar-refractivity contribution in [2.45, 2.75) is 26.4 Å². The minimum atomic E-state index is -0.609. The van der Waals surface area contributed by atoms with E-state index in [9.17, 15) is 9.59 Å². The monoisotopic (exact) mass is 276 g/mol. The minimum Gasteiger partial charge on any atom is -0.465 e. The lowest BCUT2D eigenvalue weighted by atomic mass is 10.1. The molecular weight excluding hydrogens is 260 g/mol. The summed E-state index contributed by atoms with van der Waals surface area (Å²) in [4.78, 5) is 23.6. The molecule has 0 bridgehead atoms. The van der Waals surface area contributed by atoms with Crippen LogP contribution < -0.4 is 0 Å². The number of rotatable bonds is 2. The Bertz CT molecular complexity index is 667. The Hall–Kier alpha value is -2.37. The molecule has 0 fully saturated rings. The van der Waals surface area contributed by atoms with Gasteiger partial charge in [-0.1, -0.05) is 0 Å². The van der Waals surface area contributed by atoms with Gasteiger partial charge in [-0.05, 0) is 39.0 Å². The maximum Gasteiger partial charge on any atom is 0.360 e. The van der Waals surface area contributed by atoms with Crippen LogP contribution in [0.1, 0.15) is 41.6 Å². The molecule has 0 radical (unpaired) electrons. The van der Waals surface area contributed by atoms with Gasteiger partial charge in [0.1, 0.15) is 5.60 Å². The van der Waals surface area contributed by atoms with Crippen molar-refractivity contribution >= 4 is 22.8 Å². The first-order chi connectivity index (χ1) is 9.31. The van der Waals surface area contributed by atoms with Crippen LogP contribution in [0.5, 0.6) is 0 Å². The van der Waals surface area contributed by atoms with Gasteiger partial charge >= 0.3 is 11.9 Å². The summed E-state index contributed by atoms with van der Waals surface area (Å²) in [5.74, 6) is -1.01. The highest BCUT2D eigenvalue weighted by Crippen LogP contribution is 2.21. The minimum absolute atomic E-state index is 0.153. The van der Waals surface area contributed by atoms with Crippen molar-refractivity contribution in [3.63, 3.8) is 0 Å². The molecule has 0 atom stereocenters. The number of benzene rings is 1. The van der Waals surface area contributed by atoms with Crippen LogP contribution in [0.3, 0.4) is 0 Å². The molecule has 20 heavy (non-hydrogen) atoms. The van der Waals surface area contributed by atoms with Gasteiger partial charge in [0.05, 0.1) is 18.2 Å². The molecule has 2 rings (SSSR count). The zero-order valence-corrected chi connectivity index (χ0v) is 11.8. The molecule has 1 aromatic heterocycles. The van der Waals surface area contributed by atoms with Crippen LogP contribution >= 0.6 is 0 Å². The third-order valence-corrected chi connectivity index (χ3v) is 2.58. The molecule has 0 saturated carbocycles. The highest BCUT2D eigenvalue weighted by Gasteiger charge is 2.22. The van der Waals surface area contributed by atoms with Gasteiger partial charge in [0.15, 0.2) is 5.69 Å². The third-order valence-electron chi connectivity index (χ3n) is 2.58. The van der Waals surface area contributed by atoms with Gasteiger partial charge in [0.25, 0.3) is 0 Å². The smallest absolute Gasteiger partial charge is 0.360 e. The molecule has 0 amide bonds. The summed E-state index contributed by atoms with van der Waals surface area (Å²) in [6.07, 6.45) is 0. The largest absolute Gasteiger partial charge is 0.465 e. The quantitative estimate of drug-likeness (QED) is 0.851. The van der Waals surface area contributed by atoms with Crippen LogP contribution in [0.15, 0.2) is 18.2 Å². The standard InChI is InChI=1S/C14H16N2O4/c1-14(2,3)20-13(18)11-9-7-8(12(17)19-4)5-6-10(9)15-16-11/h5-7H,1-4H3,(H,15,16). The Morgan fingerprint density at radius 1 is 1.20 bits per heavy atom. The van der Waals surface area contributed by atoms with Crippen molar-refractivity contribution in [2.24, 2.45) is 0 Å². The van der Waals surface area contributed by atoms with Crippen LogP contribution in [0.2, 0.25) is 0 Å². The number of methoxy groups -OCH3 is 1. The van der Waals surface area contributed by atoms with E-state index in [-0.39, 0.29) is 5.69 Å². The van der Waals surface area contributed by atoms with Crippen molar-refractivity contribution < 1.29 is 19.1 Å². The number of H-pyrrole nitrogens is 1. The lowest BCUT2D eigenvalue weighted by Gasteiger charge is -2.18. The van der Waals surface area contributed by atoms with Gasteiger partial charge in [0.2, 0.25) is 0 Å². The number of ether oxygens (including phenoxy) is 2. The van der Waals surface area contributed by atoms with E-state index in [2.05, 4.69) is 14.9 Å². The first-order valence-electron chi connectivity index (χ1n) is 6.11. The summed E-state index contributed by atoms with van der Waals surface area (Å²) < 4.78 is 9.94. The van der Waals surface area contributed by atoms with Crippen molar-refractivity contribution in [2.75, 3.05) is 7.11 Å². The second-order valence-electron chi connectivity index (χ2n) is 5.33. The predicted molar refractivity (Wildman–Crippen MR) is 72.6 cm³/mol. The van der Waals surface area contributed by atoms with E-state index in [1.54, 1.807) is 39.0 Å². The molecule has 0 aliphatic heterocycles. The molecule has 1 aromatic carbocycles. The second kappa shape index (κ2) is 4.96. The topological polar surface area (TPSA) is 81.3 Å². The van der Waals surface area contributed by atoms with Gasteiger partial charge in [-0.2, -0.15) is 5.10 Å². The average molecular weight is 276 g/mol. The van der Waals surface area contributed by atoms with Crippen molar-refractivity contribution in [3.8, 4) is 0 Å². The number of aromatic amines is 1. The lowest BCUT2D eigenvalue weighted by Crippen LogP contribution is -2.24. The molecule has 2 aromatic rings. The number of hydrogen-bond acceptors (Lipinski definition) is 5. The van der Waals surface area contributed by atoms with Gasteiger partial charge in [0, 0.05) is 5.39 Å². The zero-order valence-electron chi connectivity index (χ0n) is 11.8. The predicted octanol–water partition coefficient (Wildman–Crippen LogP) is 2.30. The Morgan fingerprint density at radius 2 is 1.90 bits per heavy atom. The van der Waals surface area contributed by atoms with E-state index in [1.807, 2.05) is 0 Å². The van der Waals surface area contributed by atoms with Gasteiger partial charge in [-0.15, -0.1) is 0 Å². The molecule has 106 valence electrons. The van der Waals surface area contributed by atoms with E-state index in [0.717, 1.165) is 0 Å². The van der Waals surface area contributed by atoms with Crippen molar-refractivity contribution in [3.05, 3.63) is 29.5 Å². The first kappa shape index (κ1) is 14.0. The average Bonchev–Trinajstić information content (AvgIpc) is 2.78. The number of carbonyl (C=O) groups is 2. The Balaban J connectivity index is 2.44. The number of nitrogens with one attached hydrogen (secondary N) is 1. The second-order valence-corrected chi connectivity index (χ2v) is 5.33. The van der Waals surface area contributed by atoms with E-state index >= 15 is 0 Å². The maximum atomic E-state index is 12.1. The Labute approximate surface area is 116 Å². The normalized spacial score (nSPS) is 11.4. The van der Waals surface area contributed by atoms with Gasteiger partial charge in [-0.3, -0.25) is 5.10 Å². The number of esters is 2. The van der Waals surface area contributed by atoms with Crippen LogP contribution in [-0.2, 0) is 9.47 Å². The summed E-state index contributed by atoms with van der Waals surface area (Å²) in [5, 5.41) is 7.22. The number of carbonyl (C=O) groups excluding carboxylic acids is 2. The maximum absolute atomic E-state index is 12.1. The molecule has 0 saturated heterocycles. The first-order valence-corrected chi connectivity index (χ1v) is 6.11. The summed E-state index contributed by atoms with van der Waals surface area (Å²) in [5.41, 5.74) is 0.549. The fraction of sp³-hybridized carbons (Fsp3) is 0.357.